The number of hydrogen-bond acceptors (Lipinski definition) is 3. The zero-order valence-electron chi connectivity index (χ0n) is 4.73. The monoisotopic (exact) mass is 119 g/mol. The van der Waals surface area contributed by atoms with Crippen LogP contribution < -0.4 is 0 Å². The molecule has 0 aromatic heterocycles. The summed E-state index contributed by atoms with van der Waals surface area (Å²) in [7, 11) is 0. The van der Waals surface area contributed by atoms with Crippen molar-refractivity contribution in [3.05, 3.63) is 23.9 Å². The van der Waals surface area contributed by atoms with Crippen molar-refractivity contribution in [1.82, 2.24) is 0 Å². The van der Waals surface area contributed by atoms with Crippen molar-refractivity contribution in [2.24, 2.45) is 15.2 Å². The van der Waals surface area contributed by atoms with Gasteiger partial charge in [0.05, 0.1) is 6.20 Å². The van der Waals surface area contributed by atoms with E-state index in [0.717, 1.165) is 5.57 Å². The van der Waals surface area contributed by atoms with Crippen LogP contribution in [0.25, 0.3) is 0 Å². The van der Waals surface area contributed by atoms with Gasteiger partial charge in [-0.1, -0.05) is 6.08 Å². The second-order valence-corrected chi connectivity index (χ2v) is 1.89. The number of azo groups is 1. The zero-order valence-corrected chi connectivity index (χ0v) is 4.73. The van der Waals surface area contributed by atoms with Crippen molar-refractivity contribution in [2.75, 3.05) is 0 Å². The Labute approximate surface area is 52.5 Å². The molecule has 0 radical (unpaired) electrons. The number of rotatable bonds is 0. The number of allylic oxidation sites excluding steroid dienone is 1. The van der Waals surface area contributed by atoms with Gasteiger partial charge in [-0.3, -0.25) is 4.99 Å². The van der Waals surface area contributed by atoms with Crippen LogP contribution in [0, 0.1) is 0 Å². The lowest BCUT2D eigenvalue weighted by molar-refractivity contribution is 0.827. The molecule has 2 aliphatic rings. The molecule has 0 N–H and O–H groups in total. The quantitative estimate of drug-likeness (QED) is 0.461. The van der Waals surface area contributed by atoms with Crippen molar-refractivity contribution in [2.45, 2.75) is 6.17 Å². The highest BCUT2D eigenvalue weighted by Crippen LogP contribution is 2.18. The van der Waals surface area contributed by atoms with E-state index in [2.05, 4.69) is 15.2 Å². The molecule has 2 rings (SSSR count). The van der Waals surface area contributed by atoms with Crippen LogP contribution >= 0.6 is 0 Å². The minimum atomic E-state index is -0.0324. The van der Waals surface area contributed by atoms with E-state index in [4.69, 9.17) is 0 Å². The van der Waals surface area contributed by atoms with E-state index >= 15 is 0 Å². The molecule has 0 aliphatic carbocycles. The number of aliphatic imine (C=N–C) groups is 1. The number of fused-ring (bicyclic) bond motifs is 1. The highest BCUT2D eigenvalue weighted by Gasteiger charge is 2.13. The van der Waals surface area contributed by atoms with Crippen LogP contribution in [0.2, 0.25) is 0 Å². The molecule has 0 unspecified atom stereocenters. The summed E-state index contributed by atoms with van der Waals surface area (Å²) in [5, 5.41) is 7.57. The molecule has 0 aromatic rings. The van der Waals surface area contributed by atoms with Crippen LogP contribution in [0.5, 0.6) is 0 Å². The SMILES string of the molecule is C1=CC2=CN=N[C@@H]2N=C1. The lowest BCUT2D eigenvalue weighted by atomic mass is 10.2. The molecule has 0 amide bonds. The average molecular weight is 119 g/mol. The predicted molar refractivity (Wildman–Crippen MR) is 34.4 cm³/mol. The summed E-state index contributed by atoms with van der Waals surface area (Å²) in [6.45, 7) is 0. The minimum Gasteiger partial charge on any atom is -0.260 e. The van der Waals surface area contributed by atoms with Crippen molar-refractivity contribution < 1.29 is 0 Å². The summed E-state index contributed by atoms with van der Waals surface area (Å²) in [5.41, 5.74) is 1.08. The van der Waals surface area contributed by atoms with Gasteiger partial charge in [-0.15, -0.1) is 0 Å². The molecule has 2 heterocycles. The Hall–Kier alpha value is -1.25. The Morgan fingerprint density at radius 3 is 3.33 bits per heavy atom. The molecule has 0 bridgehead atoms. The van der Waals surface area contributed by atoms with Gasteiger partial charge in [0.25, 0.3) is 0 Å². The fraction of sp³-hybridized carbons (Fsp3) is 0.167. The minimum absolute atomic E-state index is 0.0324. The molecule has 3 heteroatoms. The first-order valence-corrected chi connectivity index (χ1v) is 2.77. The molecule has 2 aliphatic heterocycles. The molecule has 9 heavy (non-hydrogen) atoms. The molecule has 1 atom stereocenters. The highest BCUT2D eigenvalue weighted by molar-refractivity contribution is 5.74. The lowest BCUT2D eigenvalue weighted by Gasteiger charge is -2.02. The van der Waals surface area contributed by atoms with E-state index in [9.17, 15) is 0 Å². The van der Waals surface area contributed by atoms with Gasteiger partial charge >= 0.3 is 0 Å². The fourth-order valence-corrected chi connectivity index (χ4v) is 0.827. The van der Waals surface area contributed by atoms with E-state index in [1.54, 1.807) is 12.4 Å². The van der Waals surface area contributed by atoms with E-state index in [1.807, 2.05) is 12.2 Å². The summed E-state index contributed by atoms with van der Waals surface area (Å²) in [6.07, 6.45) is 7.30. The molecule has 0 spiro atoms. The largest absolute Gasteiger partial charge is 0.260 e. The topological polar surface area (TPSA) is 37.1 Å². The maximum absolute atomic E-state index is 4.05. The van der Waals surface area contributed by atoms with Gasteiger partial charge in [-0.05, 0) is 6.08 Å². The Balaban J connectivity index is 2.40. The van der Waals surface area contributed by atoms with Crippen LogP contribution in [0.3, 0.4) is 0 Å². The number of dihydropyridines is 1. The Morgan fingerprint density at radius 2 is 2.44 bits per heavy atom. The Morgan fingerprint density at radius 1 is 1.44 bits per heavy atom. The first kappa shape index (κ1) is 4.61. The summed E-state index contributed by atoms with van der Waals surface area (Å²) >= 11 is 0. The van der Waals surface area contributed by atoms with Crippen LogP contribution in [-0.2, 0) is 0 Å². The molecule has 44 valence electrons. The molecule has 0 fully saturated rings. The van der Waals surface area contributed by atoms with Gasteiger partial charge < -0.3 is 0 Å². The highest BCUT2D eigenvalue weighted by atomic mass is 15.2. The van der Waals surface area contributed by atoms with Crippen LogP contribution in [0.1, 0.15) is 0 Å². The maximum atomic E-state index is 4.05. The third-order valence-electron chi connectivity index (χ3n) is 1.28. The molecule has 0 aromatic carbocycles. The van der Waals surface area contributed by atoms with Gasteiger partial charge in [0.15, 0.2) is 6.17 Å². The molecule has 3 nitrogen and oxygen atoms in total. The summed E-state index contributed by atoms with van der Waals surface area (Å²) in [5.74, 6) is 0. The molecule has 0 saturated heterocycles. The molecular weight excluding hydrogens is 114 g/mol. The average Bonchev–Trinajstić information content (AvgIpc) is 2.33. The zero-order chi connectivity index (χ0) is 6.10. The second-order valence-electron chi connectivity index (χ2n) is 1.89. The van der Waals surface area contributed by atoms with Gasteiger partial charge in [-0.25, -0.2) is 0 Å². The van der Waals surface area contributed by atoms with E-state index in [-0.39, 0.29) is 6.17 Å². The van der Waals surface area contributed by atoms with E-state index < -0.39 is 0 Å². The summed E-state index contributed by atoms with van der Waals surface area (Å²) in [4.78, 5) is 4.05. The van der Waals surface area contributed by atoms with Crippen LogP contribution in [-0.4, -0.2) is 12.4 Å². The van der Waals surface area contributed by atoms with Gasteiger partial charge in [0.1, 0.15) is 0 Å². The number of hydrogen-bond donors (Lipinski definition) is 0. The smallest absolute Gasteiger partial charge is 0.187 e. The van der Waals surface area contributed by atoms with E-state index in [0.29, 0.717) is 0 Å². The van der Waals surface area contributed by atoms with Gasteiger partial charge in [0, 0.05) is 11.8 Å². The normalized spacial score (nSPS) is 28.4. The Kier molecular flexibility index (Phi) is 0.828. The fourth-order valence-electron chi connectivity index (χ4n) is 0.827. The van der Waals surface area contributed by atoms with Crippen molar-refractivity contribution >= 4 is 6.21 Å². The first-order valence-electron chi connectivity index (χ1n) is 2.77. The number of nitrogens with zero attached hydrogens (tertiary/aromatic N) is 3. The first-order chi connectivity index (χ1) is 4.47. The third kappa shape index (κ3) is 0.614. The predicted octanol–water partition coefficient (Wildman–Crippen LogP) is 1.30. The second kappa shape index (κ2) is 1.62. The van der Waals surface area contributed by atoms with Gasteiger partial charge in [0.2, 0.25) is 0 Å². The summed E-state index contributed by atoms with van der Waals surface area (Å²) in [6, 6.07) is 0. The standard InChI is InChI=1S/C6H5N3/c1-2-5-4-8-9-6(5)7-3-1/h1-4,6H/t6-/m0/s1. The van der Waals surface area contributed by atoms with Crippen molar-refractivity contribution in [1.29, 1.82) is 0 Å². The summed E-state index contributed by atoms with van der Waals surface area (Å²) < 4.78 is 0. The van der Waals surface area contributed by atoms with E-state index in [1.165, 1.54) is 0 Å². The lowest BCUT2D eigenvalue weighted by Crippen LogP contribution is -2.02. The van der Waals surface area contributed by atoms with Gasteiger partial charge in [-0.2, -0.15) is 10.2 Å². The Bertz CT molecular complexity index is 235. The van der Waals surface area contributed by atoms with Crippen LogP contribution in [0.15, 0.2) is 39.1 Å². The van der Waals surface area contributed by atoms with Crippen molar-refractivity contribution in [3.63, 3.8) is 0 Å². The molecular formula is C6H5N3. The van der Waals surface area contributed by atoms with Crippen LogP contribution in [0.4, 0.5) is 0 Å². The molecule has 0 saturated carbocycles. The maximum Gasteiger partial charge on any atom is 0.187 e. The third-order valence-corrected chi connectivity index (χ3v) is 1.28. The van der Waals surface area contributed by atoms with Crippen molar-refractivity contribution in [3.8, 4) is 0 Å².